The summed E-state index contributed by atoms with van der Waals surface area (Å²) < 4.78 is 4.88. The lowest BCUT2D eigenvalue weighted by molar-refractivity contribution is -0.152. The molecule has 1 amide bonds. The smallest absolute Gasteiger partial charge is 0.331 e. The van der Waals surface area contributed by atoms with Gasteiger partial charge in [-0.2, -0.15) is 0 Å². The fraction of sp³-hybridized carbons (Fsp3) is 0.818. The number of hydrogen-bond acceptors (Lipinski definition) is 4. The van der Waals surface area contributed by atoms with Crippen LogP contribution in [0.2, 0.25) is 0 Å². The number of ether oxygens (including phenoxy) is 1. The molecule has 2 N–H and O–H groups in total. The second-order valence-corrected chi connectivity index (χ2v) is 4.29. The number of esters is 1. The van der Waals surface area contributed by atoms with Crippen LogP contribution in [0.4, 0.5) is 0 Å². The SMILES string of the molecule is CCOC(=O)C(C)(C)NC(=O)C(C)CNC.Cl. The number of nitrogens with one attached hydrogen (secondary N) is 2. The average Bonchev–Trinajstić information content (AvgIpc) is 2.17. The first-order valence-corrected chi connectivity index (χ1v) is 5.49. The van der Waals surface area contributed by atoms with Crippen molar-refractivity contribution < 1.29 is 14.3 Å². The largest absolute Gasteiger partial charge is 0.464 e. The van der Waals surface area contributed by atoms with E-state index in [4.69, 9.17) is 4.74 Å². The molecule has 0 rings (SSSR count). The molecule has 6 heteroatoms. The maximum atomic E-state index is 11.7. The van der Waals surface area contributed by atoms with Crippen LogP contribution in [0.3, 0.4) is 0 Å². The number of halogens is 1. The highest BCUT2D eigenvalue weighted by Gasteiger charge is 2.32. The quantitative estimate of drug-likeness (QED) is 0.696. The molecule has 0 aromatic rings. The van der Waals surface area contributed by atoms with Crippen LogP contribution in [0.25, 0.3) is 0 Å². The molecule has 17 heavy (non-hydrogen) atoms. The summed E-state index contributed by atoms with van der Waals surface area (Å²) in [4.78, 5) is 23.2. The highest BCUT2D eigenvalue weighted by Crippen LogP contribution is 2.07. The van der Waals surface area contributed by atoms with Crippen molar-refractivity contribution in [1.82, 2.24) is 10.6 Å². The summed E-state index contributed by atoms with van der Waals surface area (Å²) in [5.74, 6) is -0.758. The first kappa shape index (κ1) is 18.6. The van der Waals surface area contributed by atoms with Gasteiger partial charge in [-0.3, -0.25) is 4.79 Å². The van der Waals surface area contributed by atoms with Gasteiger partial charge in [-0.05, 0) is 27.8 Å². The van der Waals surface area contributed by atoms with Crippen LogP contribution in [0.5, 0.6) is 0 Å². The van der Waals surface area contributed by atoms with Gasteiger partial charge >= 0.3 is 5.97 Å². The summed E-state index contributed by atoms with van der Waals surface area (Å²) in [6.45, 7) is 7.69. The predicted molar refractivity (Wildman–Crippen MR) is 69.2 cm³/mol. The first-order chi connectivity index (χ1) is 7.35. The van der Waals surface area contributed by atoms with Gasteiger partial charge in [-0.15, -0.1) is 12.4 Å². The zero-order valence-electron chi connectivity index (χ0n) is 11.1. The molecule has 0 aliphatic carbocycles. The van der Waals surface area contributed by atoms with E-state index in [2.05, 4.69) is 10.6 Å². The molecule has 0 heterocycles. The van der Waals surface area contributed by atoms with E-state index in [1.807, 2.05) is 0 Å². The Morgan fingerprint density at radius 3 is 2.29 bits per heavy atom. The molecule has 1 atom stereocenters. The summed E-state index contributed by atoms with van der Waals surface area (Å²) >= 11 is 0. The standard InChI is InChI=1S/C11H22N2O3.ClH/c1-6-16-10(15)11(3,4)13-9(14)8(2)7-12-5;/h8,12H,6-7H2,1-5H3,(H,13,14);1H. The van der Waals surface area contributed by atoms with Gasteiger partial charge in [0.05, 0.1) is 6.61 Å². The zero-order valence-corrected chi connectivity index (χ0v) is 11.9. The van der Waals surface area contributed by atoms with Crippen LogP contribution in [-0.2, 0) is 14.3 Å². The van der Waals surface area contributed by atoms with Crippen LogP contribution in [0.1, 0.15) is 27.7 Å². The highest BCUT2D eigenvalue weighted by atomic mass is 35.5. The van der Waals surface area contributed by atoms with Crippen molar-refractivity contribution in [3.63, 3.8) is 0 Å². The summed E-state index contributed by atoms with van der Waals surface area (Å²) in [6, 6.07) is 0. The Morgan fingerprint density at radius 1 is 1.35 bits per heavy atom. The van der Waals surface area contributed by atoms with E-state index in [9.17, 15) is 9.59 Å². The molecule has 0 saturated heterocycles. The van der Waals surface area contributed by atoms with Crippen molar-refractivity contribution in [2.24, 2.45) is 5.92 Å². The third kappa shape index (κ3) is 6.48. The van der Waals surface area contributed by atoms with Gasteiger partial charge < -0.3 is 15.4 Å². The monoisotopic (exact) mass is 266 g/mol. The molecule has 0 saturated carbocycles. The molecule has 1 unspecified atom stereocenters. The molecular weight excluding hydrogens is 244 g/mol. The van der Waals surface area contributed by atoms with E-state index in [1.165, 1.54) is 0 Å². The number of carbonyl (C=O) groups excluding carboxylic acids is 2. The van der Waals surface area contributed by atoms with E-state index in [-0.39, 0.29) is 24.2 Å². The molecule has 0 aromatic carbocycles. The lowest BCUT2D eigenvalue weighted by Gasteiger charge is -2.25. The molecule has 0 radical (unpaired) electrons. The van der Waals surface area contributed by atoms with E-state index in [1.54, 1.807) is 34.7 Å². The number of hydrogen-bond donors (Lipinski definition) is 2. The Labute approximate surface area is 109 Å². The molecule has 0 aromatic heterocycles. The predicted octanol–water partition coefficient (Wildman–Crippen LogP) is 0.722. The van der Waals surface area contributed by atoms with Gasteiger partial charge in [0.15, 0.2) is 0 Å². The minimum Gasteiger partial charge on any atom is -0.464 e. The summed E-state index contributed by atoms with van der Waals surface area (Å²) in [5, 5.41) is 5.58. The van der Waals surface area contributed by atoms with E-state index in [0.29, 0.717) is 13.2 Å². The van der Waals surface area contributed by atoms with Crippen molar-refractivity contribution in [2.75, 3.05) is 20.2 Å². The maximum absolute atomic E-state index is 11.7. The Hall–Kier alpha value is -0.810. The van der Waals surface area contributed by atoms with Gasteiger partial charge in [0.1, 0.15) is 5.54 Å². The third-order valence-corrected chi connectivity index (χ3v) is 2.18. The first-order valence-electron chi connectivity index (χ1n) is 5.49. The Bertz CT molecular complexity index is 257. The van der Waals surface area contributed by atoms with Crippen molar-refractivity contribution in [2.45, 2.75) is 33.2 Å². The number of amides is 1. The number of rotatable bonds is 6. The minimum absolute atomic E-state index is 0. The van der Waals surface area contributed by atoms with Crippen LogP contribution in [0.15, 0.2) is 0 Å². The Balaban J connectivity index is 0. The molecule has 0 bridgehead atoms. The third-order valence-electron chi connectivity index (χ3n) is 2.18. The molecular formula is C11H23ClN2O3. The van der Waals surface area contributed by atoms with Crippen LogP contribution < -0.4 is 10.6 Å². The van der Waals surface area contributed by atoms with E-state index < -0.39 is 11.5 Å². The van der Waals surface area contributed by atoms with Gasteiger partial charge in [-0.25, -0.2) is 4.79 Å². The van der Waals surface area contributed by atoms with E-state index >= 15 is 0 Å². The topological polar surface area (TPSA) is 67.4 Å². The maximum Gasteiger partial charge on any atom is 0.331 e. The van der Waals surface area contributed by atoms with Crippen molar-refractivity contribution in [1.29, 1.82) is 0 Å². The fourth-order valence-corrected chi connectivity index (χ4v) is 1.19. The molecule has 102 valence electrons. The normalized spacial score (nSPS) is 12.3. The van der Waals surface area contributed by atoms with Crippen LogP contribution in [-0.4, -0.2) is 37.6 Å². The van der Waals surface area contributed by atoms with Crippen LogP contribution in [0, 0.1) is 5.92 Å². The molecule has 0 spiro atoms. The number of carbonyl (C=O) groups is 2. The second-order valence-electron chi connectivity index (χ2n) is 4.29. The summed E-state index contributed by atoms with van der Waals surface area (Å²) in [5.41, 5.74) is -0.977. The lowest BCUT2D eigenvalue weighted by atomic mass is 10.0. The van der Waals surface area contributed by atoms with Crippen molar-refractivity contribution in [3.8, 4) is 0 Å². The average molecular weight is 267 g/mol. The molecule has 5 nitrogen and oxygen atoms in total. The Kier molecular flexibility index (Phi) is 9.06. The molecule has 0 aliphatic rings. The van der Waals surface area contributed by atoms with E-state index in [0.717, 1.165) is 0 Å². The van der Waals surface area contributed by atoms with Gasteiger partial charge in [0.2, 0.25) is 5.91 Å². The van der Waals surface area contributed by atoms with Gasteiger partial charge in [0, 0.05) is 12.5 Å². The van der Waals surface area contributed by atoms with Gasteiger partial charge in [0.25, 0.3) is 0 Å². The lowest BCUT2D eigenvalue weighted by Crippen LogP contribution is -2.52. The Morgan fingerprint density at radius 2 is 1.88 bits per heavy atom. The second kappa shape index (κ2) is 8.31. The minimum atomic E-state index is -0.977. The van der Waals surface area contributed by atoms with Gasteiger partial charge in [-0.1, -0.05) is 6.92 Å². The fourth-order valence-electron chi connectivity index (χ4n) is 1.19. The molecule has 0 fully saturated rings. The van der Waals surface area contributed by atoms with Crippen molar-refractivity contribution in [3.05, 3.63) is 0 Å². The highest BCUT2D eigenvalue weighted by molar-refractivity contribution is 5.88. The summed E-state index contributed by atoms with van der Waals surface area (Å²) in [6.07, 6.45) is 0. The van der Waals surface area contributed by atoms with Crippen molar-refractivity contribution >= 4 is 24.3 Å². The summed E-state index contributed by atoms with van der Waals surface area (Å²) in [7, 11) is 1.78. The van der Waals surface area contributed by atoms with Crippen LogP contribution >= 0.6 is 12.4 Å². The zero-order chi connectivity index (χ0) is 12.8. The molecule has 0 aliphatic heterocycles.